The number of para-hydroxylation sites is 1. The SMILES string of the molecule is CCOc1ccccc1/C=C/c1[nH]c(=O)[nH]c(=O)c1[N+](=O)[O-]. The number of aromatic nitrogens is 2. The van der Waals surface area contributed by atoms with Crippen LogP contribution in [0.15, 0.2) is 33.9 Å². The lowest BCUT2D eigenvalue weighted by atomic mass is 10.1. The van der Waals surface area contributed by atoms with Gasteiger partial charge < -0.3 is 9.72 Å². The van der Waals surface area contributed by atoms with Crippen LogP contribution in [0.1, 0.15) is 18.2 Å². The zero-order chi connectivity index (χ0) is 16.1. The number of nitrogens with one attached hydrogen (secondary N) is 2. The molecule has 8 nitrogen and oxygen atoms in total. The molecule has 0 unspecified atom stereocenters. The Hall–Kier alpha value is -3.16. The van der Waals surface area contributed by atoms with E-state index >= 15 is 0 Å². The average molecular weight is 303 g/mol. The molecule has 0 aliphatic carbocycles. The van der Waals surface area contributed by atoms with Crippen molar-refractivity contribution < 1.29 is 9.66 Å². The van der Waals surface area contributed by atoms with Crippen molar-refractivity contribution in [2.45, 2.75) is 6.92 Å². The van der Waals surface area contributed by atoms with Gasteiger partial charge in [-0.2, -0.15) is 0 Å². The second-order valence-electron chi connectivity index (χ2n) is 4.23. The molecule has 0 aliphatic rings. The Balaban J connectivity index is 2.49. The van der Waals surface area contributed by atoms with Gasteiger partial charge in [-0.1, -0.05) is 18.2 Å². The summed E-state index contributed by atoms with van der Waals surface area (Å²) < 4.78 is 5.43. The van der Waals surface area contributed by atoms with Crippen LogP contribution in [0.2, 0.25) is 0 Å². The van der Waals surface area contributed by atoms with E-state index in [1.54, 1.807) is 24.3 Å². The van der Waals surface area contributed by atoms with Gasteiger partial charge in [-0.15, -0.1) is 0 Å². The van der Waals surface area contributed by atoms with Gasteiger partial charge in [0, 0.05) is 5.56 Å². The van der Waals surface area contributed by atoms with Crippen molar-refractivity contribution in [2.24, 2.45) is 0 Å². The molecule has 1 aromatic carbocycles. The van der Waals surface area contributed by atoms with Crippen molar-refractivity contribution in [3.05, 3.63) is 66.5 Å². The monoisotopic (exact) mass is 303 g/mol. The topological polar surface area (TPSA) is 118 Å². The first-order chi connectivity index (χ1) is 10.5. The van der Waals surface area contributed by atoms with E-state index in [-0.39, 0.29) is 5.69 Å². The van der Waals surface area contributed by atoms with Crippen LogP contribution in [0.3, 0.4) is 0 Å². The summed E-state index contributed by atoms with van der Waals surface area (Å²) >= 11 is 0. The van der Waals surface area contributed by atoms with Crippen LogP contribution < -0.4 is 16.0 Å². The summed E-state index contributed by atoms with van der Waals surface area (Å²) in [5.74, 6) is 0.594. The summed E-state index contributed by atoms with van der Waals surface area (Å²) in [6.07, 6.45) is 2.83. The maximum atomic E-state index is 11.5. The molecular weight excluding hydrogens is 290 g/mol. The molecule has 0 saturated carbocycles. The van der Waals surface area contributed by atoms with Crippen LogP contribution in [0.25, 0.3) is 12.2 Å². The second kappa shape index (κ2) is 6.53. The number of nitrogens with zero attached hydrogens (tertiary/aromatic N) is 1. The highest BCUT2D eigenvalue weighted by atomic mass is 16.6. The van der Waals surface area contributed by atoms with Gasteiger partial charge >= 0.3 is 16.9 Å². The number of hydrogen-bond acceptors (Lipinski definition) is 5. The molecule has 2 rings (SSSR count). The molecule has 0 saturated heterocycles. The fourth-order valence-electron chi connectivity index (χ4n) is 1.88. The van der Waals surface area contributed by atoms with Crippen LogP contribution in [0.4, 0.5) is 5.69 Å². The number of nitro groups is 1. The molecule has 2 N–H and O–H groups in total. The van der Waals surface area contributed by atoms with Gasteiger partial charge in [-0.25, -0.2) is 4.79 Å². The zero-order valence-electron chi connectivity index (χ0n) is 11.7. The fraction of sp³-hybridized carbons (Fsp3) is 0.143. The molecule has 22 heavy (non-hydrogen) atoms. The lowest BCUT2D eigenvalue weighted by Crippen LogP contribution is -2.25. The molecule has 0 spiro atoms. The molecule has 0 aliphatic heterocycles. The quantitative estimate of drug-likeness (QED) is 0.641. The minimum absolute atomic E-state index is 0.176. The van der Waals surface area contributed by atoms with Crippen LogP contribution in [0, 0.1) is 10.1 Å². The van der Waals surface area contributed by atoms with E-state index in [4.69, 9.17) is 4.74 Å². The smallest absolute Gasteiger partial charge is 0.357 e. The van der Waals surface area contributed by atoms with Crippen LogP contribution in [-0.2, 0) is 0 Å². The molecule has 0 bridgehead atoms. The Morgan fingerprint density at radius 1 is 1.23 bits per heavy atom. The van der Waals surface area contributed by atoms with Gasteiger partial charge in [0.1, 0.15) is 11.4 Å². The summed E-state index contributed by atoms with van der Waals surface area (Å²) in [5.41, 5.74) is -2.09. The third kappa shape index (κ3) is 3.29. The lowest BCUT2D eigenvalue weighted by Gasteiger charge is -2.06. The third-order valence-corrected chi connectivity index (χ3v) is 2.78. The Bertz CT molecular complexity index is 835. The van der Waals surface area contributed by atoms with Gasteiger partial charge in [0.15, 0.2) is 0 Å². The van der Waals surface area contributed by atoms with Crippen molar-refractivity contribution >= 4 is 17.8 Å². The number of ether oxygens (including phenoxy) is 1. The molecule has 114 valence electrons. The van der Waals surface area contributed by atoms with Crippen LogP contribution in [0.5, 0.6) is 5.75 Å². The molecule has 2 aromatic rings. The summed E-state index contributed by atoms with van der Waals surface area (Å²) in [7, 11) is 0. The normalized spacial score (nSPS) is 10.8. The minimum atomic E-state index is -1.05. The Morgan fingerprint density at radius 3 is 2.64 bits per heavy atom. The predicted molar refractivity (Wildman–Crippen MR) is 80.9 cm³/mol. The van der Waals surface area contributed by atoms with Gasteiger partial charge in [0.05, 0.1) is 11.5 Å². The Kier molecular flexibility index (Phi) is 4.52. The van der Waals surface area contributed by atoms with Crippen LogP contribution >= 0.6 is 0 Å². The maximum Gasteiger partial charge on any atom is 0.357 e. The molecule has 1 heterocycles. The van der Waals surface area contributed by atoms with Gasteiger partial charge in [-0.05, 0) is 25.1 Å². The summed E-state index contributed by atoms with van der Waals surface area (Å²) in [5, 5.41) is 10.9. The van der Waals surface area contributed by atoms with E-state index in [9.17, 15) is 19.7 Å². The van der Waals surface area contributed by atoms with Crippen molar-refractivity contribution in [1.29, 1.82) is 0 Å². The fourth-order valence-corrected chi connectivity index (χ4v) is 1.88. The van der Waals surface area contributed by atoms with Crippen LogP contribution in [-0.4, -0.2) is 21.5 Å². The highest BCUT2D eigenvalue weighted by molar-refractivity contribution is 5.74. The Morgan fingerprint density at radius 2 is 1.95 bits per heavy atom. The summed E-state index contributed by atoms with van der Waals surface area (Å²) in [4.78, 5) is 36.9. The lowest BCUT2D eigenvalue weighted by molar-refractivity contribution is -0.386. The first kappa shape index (κ1) is 15.2. The molecule has 0 fully saturated rings. The number of benzene rings is 1. The van der Waals surface area contributed by atoms with E-state index in [0.717, 1.165) is 0 Å². The number of rotatable bonds is 5. The van der Waals surface area contributed by atoms with Gasteiger partial charge in [-0.3, -0.25) is 19.9 Å². The molecule has 0 amide bonds. The molecule has 1 aromatic heterocycles. The van der Waals surface area contributed by atoms with Crippen molar-refractivity contribution in [3.63, 3.8) is 0 Å². The van der Waals surface area contributed by atoms with Crippen molar-refractivity contribution in [2.75, 3.05) is 6.61 Å². The van der Waals surface area contributed by atoms with Gasteiger partial charge in [0.2, 0.25) is 0 Å². The van der Waals surface area contributed by atoms with Gasteiger partial charge in [0.25, 0.3) is 0 Å². The molecular formula is C14H13N3O5. The molecule has 0 radical (unpaired) electrons. The maximum absolute atomic E-state index is 11.5. The molecule has 8 heteroatoms. The molecule has 0 atom stereocenters. The number of H-pyrrole nitrogens is 2. The van der Waals surface area contributed by atoms with E-state index in [1.165, 1.54) is 12.2 Å². The standard InChI is InChI=1S/C14H13N3O5/c1-2-22-11-6-4-3-5-9(11)7-8-10-12(17(20)21)13(18)16-14(19)15-10/h3-8H,2H2,1H3,(H2,15,16,18,19)/b8-7+. The zero-order valence-corrected chi connectivity index (χ0v) is 11.7. The number of aromatic amines is 2. The third-order valence-electron chi connectivity index (χ3n) is 2.78. The summed E-state index contributed by atoms with van der Waals surface area (Å²) in [6.45, 7) is 2.30. The summed E-state index contributed by atoms with van der Waals surface area (Å²) in [6, 6.07) is 7.06. The average Bonchev–Trinajstić information content (AvgIpc) is 2.45. The second-order valence-corrected chi connectivity index (χ2v) is 4.23. The van der Waals surface area contributed by atoms with E-state index in [1.807, 2.05) is 11.9 Å². The first-order valence-corrected chi connectivity index (χ1v) is 6.43. The van der Waals surface area contributed by atoms with Crippen molar-refractivity contribution in [1.82, 2.24) is 9.97 Å². The first-order valence-electron chi connectivity index (χ1n) is 6.43. The minimum Gasteiger partial charge on any atom is -0.493 e. The van der Waals surface area contributed by atoms with E-state index in [0.29, 0.717) is 17.9 Å². The Labute approximate surface area is 124 Å². The largest absolute Gasteiger partial charge is 0.493 e. The van der Waals surface area contributed by atoms with E-state index in [2.05, 4.69) is 4.98 Å². The number of hydrogen-bond donors (Lipinski definition) is 2. The highest BCUT2D eigenvalue weighted by Gasteiger charge is 2.18. The van der Waals surface area contributed by atoms with Crippen molar-refractivity contribution in [3.8, 4) is 5.75 Å². The van der Waals surface area contributed by atoms with E-state index < -0.39 is 21.9 Å². The predicted octanol–water partition coefficient (Wildman–Crippen LogP) is 1.54. The highest BCUT2D eigenvalue weighted by Crippen LogP contribution is 2.21.